The van der Waals surface area contributed by atoms with Crippen molar-refractivity contribution in [3.63, 3.8) is 0 Å². The van der Waals surface area contributed by atoms with Gasteiger partial charge in [0.05, 0.1) is 12.5 Å². The summed E-state index contributed by atoms with van der Waals surface area (Å²) in [6.07, 6.45) is 0.700. The van der Waals surface area contributed by atoms with E-state index in [4.69, 9.17) is 5.11 Å². The van der Waals surface area contributed by atoms with Crippen molar-refractivity contribution in [2.45, 2.75) is 18.9 Å². The van der Waals surface area contributed by atoms with E-state index in [9.17, 15) is 9.59 Å². The van der Waals surface area contributed by atoms with E-state index >= 15 is 0 Å². The summed E-state index contributed by atoms with van der Waals surface area (Å²) in [6, 6.07) is 8.97. The molecule has 2 heterocycles. The van der Waals surface area contributed by atoms with Crippen LogP contribution in [0.2, 0.25) is 0 Å². The van der Waals surface area contributed by atoms with Gasteiger partial charge in [0.2, 0.25) is 0 Å². The second kappa shape index (κ2) is 5.69. The molecule has 0 radical (unpaired) electrons. The lowest BCUT2D eigenvalue weighted by Crippen LogP contribution is -2.31. The third kappa shape index (κ3) is 2.69. The minimum atomic E-state index is -0.884. The maximum atomic E-state index is 12.5. The topological polar surface area (TPSA) is 57.6 Å². The molecule has 2 aromatic rings. The molecule has 1 aromatic heterocycles. The molecule has 0 aliphatic carbocycles. The van der Waals surface area contributed by atoms with Crippen molar-refractivity contribution in [3.8, 4) is 0 Å². The van der Waals surface area contributed by atoms with Gasteiger partial charge in [-0.05, 0) is 40.4 Å². The van der Waals surface area contributed by atoms with E-state index in [2.05, 4.69) is 5.38 Å². The van der Waals surface area contributed by atoms with Gasteiger partial charge in [-0.25, -0.2) is 0 Å². The number of carboxylic acids is 1. The summed E-state index contributed by atoms with van der Waals surface area (Å²) in [5.41, 5.74) is 2.64. The molecule has 0 spiro atoms. The van der Waals surface area contributed by atoms with Crippen LogP contribution in [-0.2, 0) is 11.2 Å². The third-order valence-electron chi connectivity index (χ3n) is 3.78. The number of fused-ring (bicyclic) bond motifs is 1. The molecule has 1 unspecified atom stereocenters. The van der Waals surface area contributed by atoms with Crippen molar-refractivity contribution in [3.05, 3.63) is 57.8 Å². The van der Waals surface area contributed by atoms with E-state index < -0.39 is 5.97 Å². The molecule has 1 N–H and O–H groups in total. The van der Waals surface area contributed by atoms with Crippen LogP contribution >= 0.6 is 11.3 Å². The summed E-state index contributed by atoms with van der Waals surface area (Å²) in [5.74, 6) is -0.947. The summed E-state index contributed by atoms with van der Waals surface area (Å²) in [5, 5.41) is 13.2. The molecular formula is C16H15NO3S. The standard InChI is InChI=1S/C16H15NO3S/c18-15(19)9-14-12-3-1-2-4-13(12)16(20)17(14)7-5-11-6-8-21-10-11/h1-4,6,8,10,14H,5,7,9H2,(H,18,19). The van der Waals surface area contributed by atoms with Crippen molar-refractivity contribution < 1.29 is 14.7 Å². The Bertz CT molecular complexity index is 666. The van der Waals surface area contributed by atoms with E-state index in [1.807, 2.05) is 29.6 Å². The van der Waals surface area contributed by atoms with E-state index in [0.29, 0.717) is 12.1 Å². The highest BCUT2D eigenvalue weighted by Gasteiger charge is 2.37. The average Bonchev–Trinajstić information content (AvgIpc) is 3.06. The predicted molar refractivity (Wildman–Crippen MR) is 80.5 cm³/mol. The van der Waals surface area contributed by atoms with Crippen LogP contribution in [0.5, 0.6) is 0 Å². The molecule has 5 heteroatoms. The molecule has 1 amide bonds. The number of amides is 1. The van der Waals surface area contributed by atoms with Crippen LogP contribution in [0.25, 0.3) is 0 Å². The molecule has 3 rings (SSSR count). The van der Waals surface area contributed by atoms with Crippen LogP contribution in [0.3, 0.4) is 0 Å². The van der Waals surface area contributed by atoms with Gasteiger partial charge in [-0.3, -0.25) is 9.59 Å². The molecule has 0 saturated carbocycles. The molecule has 0 saturated heterocycles. The number of benzene rings is 1. The number of nitrogens with zero attached hydrogens (tertiary/aromatic N) is 1. The molecule has 1 aliphatic heterocycles. The first kappa shape index (κ1) is 13.8. The van der Waals surface area contributed by atoms with Gasteiger partial charge < -0.3 is 10.0 Å². The smallest absolute Gasteiger partial charge is 0.305 e. The zero-order valence-corrected chi connectivity index (χ0v) is 12.2. The summed E-state index contributed by atoms with van der Waals surface area (Å²) in [6.45, 7) is 0.544. The number of carbonyl (C=O) groups excluding carboxylic acids is 1. The van der Waals surface area contributed by atoms with E-state index in [1.165, 1.54) is 5.56 Å². The zero-order chi connectivity index (χ0) is 14.8. The molecule has 4 nitrogen and oxygen atoms in total. The number of hydrogen-bond donors (Lipinski definition) is 1. The highest BCUT2D eigenvalue weighted by Crippen LogP contribution is 2.35. The first-order valence-corrected chi connectivity index (χ1v) is 7.74. The van der Waals surface area contributed by atoms with Crippen LogP contribution < -0.4 is 0 Å². The predicted octanol–water partition coefficient (Wildman–Crippen LogP) is 2.96. The Morgan fingerprint density at radius 2 is 2.10 bits per heavy atom. The molecule has 1 aromatic carbocycles. The number of carbonyl (C=O) groups is 2. The van der Waals surface area contributed by atoms with Crippen molar-refractivity contribution in [2.24, 2.45) is 0 Å². The third-order valence-corrected chi connectivity index (χ3v) is 4.51. The van der Waals surface area contributed by atoms with Gasteiger partial charge >= 0.3 is 5.97 Å². The van der Waals surface area contributed by atoms with Gasteiger partial charge in [0.25, 0.3) is 5.91 Å². The maximum absolute atomic E-state index is 12.5. The van der Waals surface area contributed by atoms with Gasteiger partial charge in [-0.15, -0.1) is 0 Å². The highest BCUT2D eigenvalue weighted by molar-refractivity contribution is 7.07. The van der Waals surface area contributed by atoms with Crippen molar-refractivity contribution in [1.29, 1.82) is 0 Å². The van der Waals surface area contributed by atoms with Gasteiger partial charge in [0.1, 0.15) is 0 Å². The Morgan fingerprint density at radius 1 is 1.29 bits per heavy atom. The molecule has 1 atom stereocenters. The zero-order valence-electron chi connectivity index (χ0n) is 11.4. The molecular weight excluding hydrogens is 286 g/mol. The Morgan fingerprint density at radius 3 is 2.81 bits per heavy atom. The lowest BCUT2D eigenvalue weighted by molar-refractivity contribution is -0.138. The second-order valence-corrected chi connectivity index (χ2v) is 5.86. The number of rotatable bonds is 5. The van der Waals surface area contributed by atoms with Crippen LogP contribution in [0.15, 0.2) is 41.1 Å². The van der Waals surface area contributed by atoms with Crippen LogP contribution in [0.4, 0.5) is 0 Å². The SMILES string of the molecule is O=C(O)CC1c2ccccc2C(=O)N1CCc1ccsc1. The van der Waals surface area contributed by atoms with Crippen LogP contribution in [-0.4, -0.2) is 28.4 Å². The normalized spacial score (nSPS) is 17.0. The molecule has 0 bridgehead atoms. The fourth-order valence-electron chi connectivity index (χ4n) is 2.77. The van der Waals surface area contributed by atoms with Gasteiger partial charge in [-0.1, -0.05) is 18.2 Å². The first-order chi connectivity index (χ1) is 10.2. The lowest BCUT2D eigenvalue weighted by Gasteiger charge is -2.24. The number of thiophene rings is 1. The minimum Gasteiger partial charge on any atom is -0.481 e. The van der Waals surface area contributed by atoms with Gasteiger partial charge in [0.15, 0.2) is 0 Å². The van der Waals surface area contributed by atoms with E-state index in [0.717, 1.165) is 12.0 Å². The lowest BCUT2D eigenvalue weighted by atomic mass is 10.0. The van der Waals surface area contributed by atoms with Crippen LogP contribution in [0.1, 0.15) is 33.9 Å². The van der Waals surface area contributed by atoms with Crippen LogP contribution in [0, 0.1) is 0 Å². The van der Waals surface area contributed by atoms with Crippen molar-refractivity contribution in [1.82, 2.24) is 4.90 Å². The monoisotopic (exact) mass is 301 g/mol. The van der Waals surface area contributed by atoms with Gasteiger partial charge in [-0.2, -0.15) is 11.3 Å². The van der Waals surface area contributed by atoms with Crippen molar-refractivity contribution in [2.75, 3.05) is 6.54 Å². The fourth-order valence-corrected chi connectivity index (χ4v) is 3.48. The first-order valence-electron chi connectivity index (χ1n) is 6.79. The average molecular weight is 301 g/mol. The number of hydrogen-bond acceptors (Lipinski definition) is 3. The Balaban J connectivity index is 1.84. The number of aliphatic carboxylic acids is 1. The largest absolute Gasteiger partial charge is 0.481 e. The molecule has 1 aliphatic rings. The number of carboxylic acid groups (broad SMARTS) is 1. The second-order valence-electron chi connectivity index (χ2n) is 5.08. The van der Waals surface area contributed by atoms with Crippen molar-refractivity contribution >= 4 is 23.2 Å². The quantitative estimate of drug-likeness (QED) is 0.923. The summed E-state index contributed by atoms with van der Waals surface area (Å²) in [4.78, 5) is 25.3. The Labute approximate surface area is 126 Å². The maximum Gasteiger partial charge on any atom is 0.305 e. The summed E-state index contributed by atoms with van der Waals surface area (Å²) < 4.78 is 0. The summed E-state index contributed by atoms with van der Waals surface area (Å²) in [7, 11) is 0. The fraction of sp³-hybridized carbons (Fsp3) is 0.250. The molecule has 0 fully saturated rings. The van der Waals surface area contributed by atoms with E-state index in [-0.39, 0.29) is 18.4 Å². The highest BCUT2D eigenvalue weighted by atomic mass is 32.1. The minimum absolute atomic E-state index is 0.0492. The Hall–Kier alpha value is -2.14. The van der Waals surface area contributed by atoms with Gasteiger partial charge in [0, 0.05) is 12.1 Å². The summed E-state index contributed by atoms with van der Waals surface area (Å²) >= 11 is 1.62. The molecule has 108 valence electrons. The Kier molecular flexibility index (Phi) is 3.75. The molecule has 21 heavy (non-hydrogen) atoms. The van der Waals surface area contributed by atoms with E-state index in [1.54, 1.807) is 22.3 Å².